The van der Waals surface area contributed by atoms with Crippen molar-refractivity contribution >= 4 is 0 Å². The zero-order chi connectivity index (χ0) is 11.2. The van der Waals surface area contributed by atoms with Gasteiger partial charge in [-0.3, -0.25) is 4.68 Å². The Balaban J connectivity index is 2.13. The molecular weight excluding hydrogens is 186 g/mol. The number of nitrogens with zero attached hydrogens (tertiary/aromatic N) is 2. The minimum atomic E-state index is 0.425. The molecule has 1 aliphatic rings. The maximum atomic E-state index is 4.46. The van der Waals surface area contributed by atoms with Gasteiger partial charge in [-0.2, -0.15) is 5.10 Å². The van der Waals surface area contributed by atoms with Gasteiger partial charge in [0, 0.05) is 30.4 Å². The quantitative estimate of drug-likeness (QED) is 0.822. The van der Waals surface area contributed by atoms with Gasteiger partial charge in [0.25, 0.3) is 0 Å². The number of rotatable bonds is 3. The lowest BCUT2D eigenvalue weighted by Gasteiger charge is -2.14. The number of aromatic nitrogens is 2. The molecule has 1 saturated carbocycles. The highest BCUT2D eigenvalue weighted by Crippen LogP contribution is 2.32. The van der Waals surface area contributed by atoms with Crippen LogP contribution in [-0.4, -0.2) is 15.8 Å². The van der Waals surface area contributed by atoms with E-state index in [1.807, 2.05) is 11.7 Å². The number of hydrogen-bond donors (Lipinski definition) is 1. The van der Waals surface area contributed by atoms with E-state index in [0.29, 0.717) is 6.04 Å². The van der Waals surface area contributed by atoms with Crippen LogP contribution in [0.25, 0.3) is 0 Å². The summed E-state index contributed by atoms with van der Waals surface area (Å²) in [4.78, 5) is 0. The molecular formula is C12H21N3. The molecule has 0 aromatic carbocycles. The Morgan fingerprint density at radius 3 is 2.47 bits per heavy atom. The number of hydrogen-bond acceptors (Lipinski definition) is 2. The van der Waals surface area contributed by atoms with E-state index in [0.717, 1.165) is 17.7 Å². The second-order valence-corrected chi connectivity index (χ2v) is 4.92. The summed E-state index contributed by atoms with van der Waals surface area (Å²) in [6.07, 6.45) is 1.32. The fraction of sp³-hybridized carbons (Fsp3) is 0.750. The van der Waals surface area contributed by atoms with Crippen LogP contribution < -0.4 is 5.32 Å². The van der Waals surface area contributed by atoms with E-state index < -0.39 is 0 Å². The van der Waals surface area contributed by atoms with E-state index in [-0.39, 0.29) is 0 Å². The summed E-state index contributed by atoms with van der Waals surface area (Å²) in [7, 11) is 2.01. The topological polar surface area (TPSA) is 29.9 Å². The van der Waals surface area contributed by atoms with Crippen LogP contribution in [0.3, 0.4) is 0 Å². The summed E-state index contributed by atoms with van der Waals surface area (Å²) < 4.78 is 1.97. The third-order valence-electron chi connectivity index (χ3n) is 3.57. The summed E-state index contributed by atoms with van der Waals surface area (Å²) in [6, 6.07) is 1.15. The van der Waals surface area contributed by atoms with Crippen molar-refractivity contribution in [2.75, 3.05) is 0 Å². The third kappa shape index (κ3) is 1.93. The van der Waals surface area contributed by atoms with Gasteiger partial charge >= 0.3 is 0 Å². The van der Waals surface area contributed by atoms with E-state index in [9.17, 15) is 0 Å². The highest BCUT2D eigenvalue weighted by molar-refractivity contribution is 5.28. The fourth-order valence-electron chi connectivity index (χ4n) is 2.38. The molecule has 1 N–H and O–H groups in total. The minimum absolute atomic E-state index is 0.425. The molecule has 3 nitrogen and oxygen atoms in total. The lowest BCUT2D eigenvalue weighted by Crippen LogP contribution is -2.23. The standard InChI is InChI=1S/C12H21N3/c1-7-6-11(7)13-8(2)12-9(3)14-15(5)10(12)4/h7-8,11,13H,6H2,1-5H3. The van der Waals surface area contributed by atoms with Gasteiger partial charge in [0.15, 0.2) is 0 Å². The summed E-state index contributed by atoms with van der Waals surface area (Å²) in [5.41, 5.74) is 3.81. The van der Waals surface area contributed by atoms with Gasteiger partial charge in [0.1, 0.15) is 0 Å². The molecule has 1 heterocycles. The van der Waals surface area contributed by atoms with Crippen molar-refractivity contribution in [2.24, 2.45) is 13.0 Å². The normalized spacial score (nSPS) is 26.7. The maximum Gasteiger partial charge on any atom is 0.0644 e. The monoisotopic (exact) mass is 207 g/mol. The lowest BCUT2D eigenvalue weighted by molar-refractivity contribution is 0.547. The molecule has 0 saturated heterocycles. The first-order chi connectivity index (χ1) is 7.00. The first-order valence-electron chi connectivity index (χ1n) is 5.76. The van der Waals surface area contributed by atoms with Crippen molar-refractivity contribution in [3.8, 4) is 0 Å². The lowest BCUT2D eigenvalue weighted by atomic mass is 10.1. The Hall–Kier alpha value is -0.830. The van der Waals surface area contributed by atoms with Gasteiger partial charge in [0.05, 0.1) is 5.69 Å². The zero-order valence-electron chi connectivity index (χ0n) is 10.3. The molecule has 84 valence electrons. The molecule has 15 heavy (non-hydrogen) atoms. The highest BCUT2D eigenvalue weighted by atomic mass is 15.3. The molecule has 2 rings (SSSR count). The highest BCUT2D eigenvalue weighted by Gasteiger charge is 2.34. The Kier molecular flexibility index (Phi) is 2.59. The summed E-state index contributed by atoms with van der Waals surface area (Å²) in [5, 5.41) is 8.12. The predicted molar refractivity (Wildman–Crippen MR) is 61.8 cm³/mol. The van der Waals surface area contributed by atoms with E-state index in [2.05, 4.69) is 38.1 Å². The Morgan fingerprint density at radius 1 is 1.47 bits per heavy atom. The van der Waals surface area contributed by atoms with Crippen molar-refractivity contribution in [2.45, 2.75) is 46.2 Å². The molecule has 0 aliphatic heterocycles. The van der Waals surface area contributed by atoms with Gasteiger partial charge in [-0.1, -0.05) is 6.92 Å². The van der Waals surface area contributed by atoms with E-state index in [1.54, 1.807) is 0 Å². The molecule has 1 aromatic rings. The average molecular weight is 207 g/mol. The predicted octanol–water partition coefficient (Wildman–Crippen LogP) is 2.10. The molecule has 0 bridgehead atoms. The second kappa shape index (κ2) is 3.63. The smallest absolute Gasteiger partial charge is 0.0644 e. The van der Waals surface area contributed by atoms with Crippen molar-refractivity contribution in [1.29, 1.82) is 0 Å². The van der Waals surface area contributed by atoms with Crippen molar-refractivity contribution in [3.05, 3.63) is 17.0 Å². The largest absolute Gasteiger partial charge is 0.307 e. The second-order valence-electron chi connectivity index (χ2n) is 4.92. The Bertz CT molecular complexity index is 367. The van der Waals surface area contributed by atoms with Gasteiger partial charge in [-0.15, -0.1) is 0 Å². The average Bonchev–Trinajstić information content (AvgIpc) is 2.73. The molecule has 0 amide bonds. The van der Waals surface area contributed by atoms with E-state index in [1.165, 1.54) is 17.7 Å². The summed E-state index contributed by atoms with van der Waals surface area (Å²) >= 11 is 0. The SMILES string of the molecule is Cc1nn(C)c(C)c1C(C)NC1CC1C. The first kappa shape index (κ1) is 10.7. The zero-order valence-corrected chi connectivity index (χ0v) is 10.3. The van der Waals surface area contributed by atoms with Gasteiger partial charge in [-0.25, -0.2) is 0 Å². The molecule has 1 fully saturated rings. The van der Waals surface area contributed by atoms with Gasteiger partial charge < -0.3 is 5.32 Å². The van der Waals surface area contributed by atoms with Crippen LogP contribution in [0.15, 0.2) is 0 Å². The van der Waals surface area contributed by atoms with Crippen LogP contribution in [0.2, 0.25) is 0 Å². The molecule has 1 aliphatic carbocycles. The summed E-state index contributed by atoms with van der Waals surface area (Å²) in [6.45, 7) is 8.77. The third-order valence-corrected chi connectivity index (χ3v) is 3.57. The molecule has 1 aromatic heterocycles. The first-order valence-corrected chi connectivity index (χ1v) is 5.76. The van der Waals surface area contributed by atoms with E-state index in [4.69, 9.17) is 0 Å². The molecule has 0 radical (unpaired) electrons. The molecule has 3 atom stereocenters. The van der Waals surface area contributed by atoms with Crippen LogP contribution in [0, 0.1) is 19.8 Å². The van der Waals surface area contributed by atoms with Crippen molar-refractivity contribution in [3.63, 3.8) is 0 Å². The molecule has 3 unspecified atom stereocenters. The number of aryl methyl sites for hydroxylation is 2. The Morgan fingerprint density at radius 2 is 2.07 bits per heavy atom. The maximum absolute atomic E-state index is 4.46. The minimum Gasteiger partial charge on any atom is -0.307 e. The fourth-order valence-corrected chi connectivity index (χ4v) is 2.38. The molecule has 3 heteroatoms. The summed E-state index contributed by atoms with van der Waals surface area (Å²) in [5.74, 6) is 0.852. The number of nitrogens with one attached hydrogen (secondary N) is 1. The van der Waals surface area contributed by atoms with Crippen LogP contribution in [0.5, 0.6) is 0 Å². The van der Waals surface area contributed by atoms with Crippen LogP contribution in [0.4, 0.5) is 0 Å². The van der Waals surface area contributed by atoms with Crippen molar-refractivity contribution < 1.29 is 0 Å². The van der Waals surface area contributed by atoms with Crippen molar-refractivity contribution in [1.82, 2.24) is 15.1 Å². The van der Waals surface area contributed by atoms with Gasteiger partial charge in [-0.05, 0) is 33.1 Å². The Labute approximate surface area is 91.9 Å². The van der Waals surface area contributed by atoms with Crippen LogP contribution in [-0.2, 0) is 7.05 Å². The van der Waals surface area contributed by atoms with E-state index >= 15 is 0 Å². The molecule has 0 spiro atoms. The van der Waals surface area contributed by atoms with Crippen LogP contribution >= 0.6 is 0 Å². The van der Waals surface area contributed by atoms with Gasteiger partial charge in [0.2, 0.25) is 0 Å². The van der Waals surface area contributed by atoms with Crippen LogP contribution in [0.1, 0.15) is 43.3 Å².